The van der Waals surface area contributed by atoms with Gasteiger partial charge in [0.15, 0.2) is 17.5 Å². The van der Waals surface area contributed by atoms with Gasteiger partial charge in [0.05, 0.1) is 25.3 Å². The maximum absolute atomic E-state index is 11.7. The van der Waals surface area contributed by atoms with Crippen LogP contribution in [0.25, 0.3) is 17.2 Å². The summed E-state index contributed by atoms with van der Waals surface area (Å²) in [5.41, 5.74) is 1.55. The monoisotopic (exact) mass is 338 g/mol. The average Bonchev–Trinajstić information content (AvgIpc) is 3.06. The molecule has 25 heavy (non-hydrogen) atoms. The minimum absolute atomic E-state index is 0.0791. The van der Waals surface area contributed by atoms with E-state index >= 15 is 0 Å². The maximum Gasteiger partial charge on any atom is 0.227 e. The van der Waals surface area contributed by atoms with Gasteiger partial charge in [-0.1, -0.05) is 6.07 Å². The second-order valence-corrected chi connectivity index (χ2v) is 5.33. The number of pyridine rings is 2. The number of ether oxygens (including phenoxy) is 1. The van der Waals surface area contributed by atoms with E-state index in [0.717, 1.165) is 11.3 Å². The summed E-state index contributed by atoms with van der Waals surface area (Å²) in [6.45, 7) is 1.88. The van der Waals surface area contributed by atoms with E-state index in [1.54, 1.807) is 31.2 Å². The van der Waals surface area contributed by atoms with Crippen molar-refractivity contribution in [2.24, 2.45) is 0 Å². The zero-order valence-corrected chi connectivity index (χ0v) is 14.2. The van der Waals surface area contributed by atoms with Crippen LogP contribution in [0.15, 0.2) is 36.7 Å². The van der Waals surface area contributed by atoms with Crippen molar-refractivity contribution in [3.63, 3.8) is 0 Å². The molecule has 128 valence electrons. The highest BCUT2D eigenvalue weighted by Gasteiger charge is 2.19. The predicted octanol–water partition coefficient (Wildman–Crippen LogP) is 1.33. The molecule has 1 N–H and O–H groups in total. The molecule has 0 spiro atoms. The van der Waals surface area contributed by atoms with Crippen molar-refractivity contribution >= 4 is 5.91 Å². The Balaban J connectivity index is 2.17. The Labute approximate surface area is 144 Å². The van der Waals surface area contributed by atoms with Gasteiger partial charge in [0.2, 0.25) is 5.91 Å². The highest BCUT2D eigenvalue weighted by atomic mass is 16.5. The number of rotatable bonds is 5. The zero-order valence-electron chi connectivity index (χ0n) is 14.2. The van der Waals surface area contributed by atoms with Crippen LogP contribution in [0.3, 0.4) is 0 Å². The molecule has 3 aromatic rings. The molecule has 0 saturated carbocycles. The largest absolute Gasteiger partial charge is 0.494 e. The summed E-state index contributed by atoms with van der Waals surface area (Å²) < 4.78 is 7.02. The number of carbonyl (C=O) groups excluding carboxylic acids is 1. The Morgan fingerprint density at radius 3 is 2.84 bits per heavy atom. The number of likely N-dealkylation sites (N-methyl/N-ethyl adjacent to an activating group) is 1. The lowest BCUT2D eigenvalue weighted by Crippen LogP contribution is -2.20. The molecule has 0 aliphatic rings. The molecule has 3 aromatic heterocycles. The molecule has 0 aromatic carbocycles. The van der Waals surface area contributed by atoms with Gasteiger partial charge >= 0.3 is 0 Å². The van der Waals surface area contributed by atoms with E-state index in [9.17, 15) is 4.79 Å². The van der Waals surface area contributed by atoms with Gasteiger partial charge < -0.3 is 10.1 Å². The summed E-state index contributed by atoms with van der Waals surface area (Å²) in [6.07, 6.45) is 3.39. The Morgan fingerprint density at radius 2 is 2.16 bits per heavy atom. The first-order valence-corrected chi connectivity index (χ1v) is 7.71. The number of methoxy groups -OCH3 is 1. The van der Waals surface area contributed by atoms with E-state index in [4.69, 9.17) is 4.74 Å². The molecule has 0 aliphatic heterocycles. The molecule has 0 saturated heterocycles. The van der Waals surface area contributed by atoms with Gasteiger partial charge in [-0.25, -0.2) is 9.97 Å². The number of aryl methyl sites for hydroxylation is 1. The number of nitrogens with one attached hydrogen (secondary N) is 1. The van der Waals surface area contributed by atoms with Crippen LogP contribution < -0.4 is 10.1 Å². The molecule has 3 rings (SSSR count). The van der Waals surface area contributed by atoms with Crippen LogP contribution in [0.1, 0.15) is 11.5 Å². The van der Waals surface area contributed by atoms with Crippen molar-refractivity contribution in [2.45, 2.75) is 13.3 Å². The third-order valence-electron chi connectivity index (χ3n) is 3.58. The molecule has 1 amide bonds. The molecule has 8 nitrogen and oxygen atoms in total. The zero-order chi connectivity index (χ0) is 17.8. The lowest BCUT2D eigenvalue weighted by atomic mass is 10.2. The fraction of sp³-hybridized carbons (Fsp3) is 0.235. The summed E-state index contributed by atoms with van der Waals surface area (Å²) in [5.74, 6) is 1.95. The normalized spacial score (nSPS) is 10.5. The van der Waals surface area contributed by atoms with Gasteiger partial charge in [-0.3, -0.25) is 9.78 Å². The van der Waals surface area contributed by atoms with Crippen LogP contribution in [0.4, 0.5) is 0 Å². The Morgan fingerprint density at radius 1 is 1.32 bits per heavy atom. The molecular weight excluding hydrogens is 320 g/mol. The third kappa shape index (κ3) is 3.47. The summed E-state index contributed by atoms with van der Waals surface area (Å²) in [4.78, 5) is 24.8. The summed E-state index contributed by atoms with van der Waals surface area (Å²) in [7, 11) is 3.15. The Kier molecular flexibility index (Phi) is 4.69. The maximum atomic E-state index is 11.7. The molecule has 0 radical (unpaired) electrons. The smallest absolute Gasteiger partial charge is 0.227 e. The van der Waals surface area contributed by atoms with E-state index in [0.29, 0.717) is 23.2 Å². The first kappa shape index (κ1) is 16.6. The van der Waals surface area contributed by atoms with Crippen LogP contribution in [-0.4, -0.2) is 44.8 Å². The van der Waals surface area contributed by atoms with Gasteiger partial charge in [0.1, 0.15) is 5.75 Å². The number of nitrogens with zero attached hydrogens (tertiary/aromatic N) is 5. The van der Waals surface area contributed by atoms with Crippen molar-refractivity contribution in [1.82, 2.24) is 30.0 Å². The lowest BCUT2D eigenvalue weighted by Gasteiger charge is -2.09. The van der Waals surface area contributed by atoms with Crippen molar-refractivity contribution in [2.75, 3.05) is 14.2 Å². The molecule has 8 heteroatoms. The van der Waals surface area contributed by atoms with Crippen LogP contribution in [-0.2, 0) is 11.2 Å². The number of carbonyl (C=O) groups is 1. The van der Waals surface area contributed by atoms with Crippen molar-refractivity contribution in [3.05, 3.63) is 48.2 Å². The van der Waals surface area contributed by atoms with E-state index in [1.807, 2.05) is 31.2 Å². The lowest BCUT2D eigenvalue weighted by molar-refractivity contribution is -0.120. The predicted molar refractivity (Wildman–Crippen MR) is 91.4 cm³/mol. The first-order valence-electron chi connectivity index (χ1n) is 7.71. The van der Waals surface area contributed by atoms with Gasteiger partial charge in [-0.15, -0.1) is 5.10 Å². The standard InChI is InChI=1S/C17H18N6O2/c1-11-8-12(13(25-3)10-20-11)17-21-14(9-16(24)18-2)22-23(17)15-6-4-5-7-19-15/h4-8,10H,9H2,1-3H3,(H,18,24). The Hall–Kier alpha value is -3.29. The topological polar surface area (TPSA) is 94.8 Å². The highest BCUT2D eigenvalue weighted by Crippen LogP contribution is 2.29. The van der Waals surface area contributed by atoms with E-state index < -0.39 is 0 Å². The molecule has 3 heterocycles. The van der Waals surface area contributed by atoms with Crippen molar-refractivity contribution < 1.29 is 9.53 Å². The summed E-state index contributed by atoms with van der Waals surface area (Å²) >= 11 is 0. The second-order valence-electron chi connectivity index (χ2n) is 5.33. The van der Waals surface area contributed by atoms with Gasteiger partial charge in [-0.2, -0.15) is 4.68 Å². The number of hydrogen-bond donors (Lipinski definition) is 1. The van der Waals surface area contributed by atoms with E-state index in [-0.39, 0.29) is 12.3 Å². The van der Waals surface area contributed by atoms with Gasteiger partial charge in [0, 0.05) is 18.9 Å². The first-order chi connectivity index (χ1) is 12.1. The van der Waals surface area contributed by atoms with E-state index in [1.165, 1.54) is 0 Å². The van der Waals surface area contributed by atoms with Gasteiger partial charge in [0.25, 0.3) is 0 Å². The summed E-state index contributed by atoms with van der Waals surface area (Å²) in [5, 5.41) is 7.03. The molecule has 0 unspecified atom stereocenters. The third-order valence-corrected chi connectivity index (χ3v) is 3.58. The van der Waals surface area contributed by atoms with Crippen LogP contribution in [0, 0.1) is 6.92 Å². The van der Waals surface area contributed by atoms with Crippen LogP contribution >= 0.6 is 0 Å². The van der Waals surface area contributed by atoms with Crippen LogP contribution in [0.5, 0.6) is 5.75 Å². The minimum atomic E-state index is -0.164. The van der Waals surface area contributed by atoms with Crippen molar-refractivity contribution in [1.29, 1.82) is 0 Å². The van der Waals surface area contributed by atoms with Gasteiger partial charge in [-0.05, 0) is 25.1 Å². The average molecular weight is 338 g/mol. The number of aromatic nitrogens is 5. The highest BCUT2D eigenvalue weighted by molar-refractivity contribution is 5.77. The van der Waals surface area contributed by atoms with Crippen LogP contribution in [0.2, 0.25) is 0 Å². The fourth-order valence-corrected chi connectivity index (χ4v) is 2.36. The molecule has 0 aliphatic carbocycles. The van der Waals surface area contributed by atoms with Crippen molar-refractivity contribution in [3.8, 4) is 23.0 Å². The number of amides is 1. The van der Waals surface area contributed by atoms with E-state index in [2.05, 4.69) is 25.4 Å². The molecule has 0 bridgehead atoms. The molecular formula is C17H18N6O2. The second kappa shape index (κ2) is 7.08. The Bertz CT molecular complexity index is 891. The SMILES string of the molecule is CNC(=O)Cc1nc(-c2cc(C)ncc2OC)n(-c2ccccn2)n1. The minimum Gasteiger partial charge on any atom is -0.494 e. The fourth-order valence-electron chi connectivity index (χ4n) is 2.36. The number of hydrogen-bond acceptors (Lipinski definition) is 6. The summed E-state index contributed by atoms with van der Waals surface area (Å²) in [6, 6.07) is 7.37. The molecule has 0 atom stereocenters. The quantitative estimate of drug-likeness (QED) is 0.754. The molecule has 0 fully saturated rings.